The van der Waals surface area contributed by atoms with Gasteiger partial charge in [-0.3, -0.25) is 28.8 Å². The Morgan fingerprint density at radius 1 is 0.824 bits per heavy atom. The van der Waals surface area contributed by atoms with Gasteiger partial charge in [-0.25, -0.2) is 0 Å². The quantitative estimate of drug-likeness (QED) is 0.0693. The molecule has 0 saturated heterocycles. The van der Waals surface area contributed by atoms with Crippen LogP contribution in [0.1, 0.15) is 19.3 Å². The normalized spacial score (nSPS) is 13.8. The maximum Gasteiger partial charge on any atom is 0.322 e. The molecule has 15 nitrogen and oxygen atoms in total. The molecule has 12 N–H and O–H groups in total. The molecule has 0 spiro atoms. The first-order valence-corrected chi connectivity index (χ1v) is 11.4. The highest BCUT2D eigenvalue weighted by molar-refractivity contribution is 7.99. The Kier molecular flexibility index (Phi) is 18.5. The zero-order valence-electron chi connectivity index (χ0n) is 18.1. The number of carbonyl (C=O) groups is 6. The van der Waals surface area contributed by atoms with Crippen LogP contribution in [-0.2, 0) is 28.8 Å². The zero-order valence-corrected chi connectivity index (χ0v) is 19.8. The highest BCUT2D eigenvalue weighted by atomic mass is 32.2. The van der Waals surface area contributed by atoms with Gasteiger partial charge in [-0.2, -0.15) is 24.4 Å². The van der Waals surface area contributed by atoms with E-state index in [1.165, 1.54) is 11.8 Å². The average Bonchev–Trinajstić information content (AvgIpc) is 2.76. The van der Waals surface area contributed by atoms with Gasteiger partial charge in [-0.15, -0.1) is 0 Å². The number of hydrogen-bond donors (Lipinski definition) is 10. The van der Waals surface area contributed by atoms with Gasteiger partial charge < -0.3 is 48.3 Å². The standard InChI is InChI=1S/C10H17N3O6S.C7H14N2O4S/c11-5(10(18)19)1-2-7(14)13-6(4-20)9(17)12-3-8(15)16;8-4(6(10)11)1-2-14-3-5(9)7(12)13/h5-6,20H,1-4,11H2,(H,12,17)(H,13,14)(H,15,16)(H,18,19);4-5H,1-3,8-9H2,(H,10,11)(H,12,13)/t5-,6-;4-,5-/m00/s1. The van der Waals surface area contributed by atoms with E-state index in [0.717, 1.165) is 0 Å². The second kappa shape index (κ2) is 18.8. The maximum absolute atomic E-state index is 11.5. The third-order valence-corrected chi connectivity index (χ3v) is 5.24. The minimum atomic E-state index is -1.22. The summed E-state index contributed by atoms with van der Waals surface area (Å²) in [6, 6.07) is -3.94. The van der Waals surface area contributed by atoms with Gasteiger partial charge in [0, 0.05) is 17.9 Å². The molecule has 2 amide bonds. The van der Waals surface area contributed by atoms with Crippen LogP contribution in [0.25, 0.3) is 0 Å². The van der Waals surface area contributed by atoms with Gasteiger partial charge in [0.25, 0.3) is 0 Å². The summed E-state index contributed by atoms with van der Waals surface area (Å²) in [7, 11) is 0. The molecule has 0 heterocycles. The molecular weight excluding hydrogens is 498 g/mol. The van der Waals surface area contributed by atoms with Crippen molar-refractivity contribution < 1.29 is 49.2 Å². The summed E-state index contributed by atoms with van der Waals surface area (Å²) in [5.41, 5.74) is 15.7. The largest absolute Gasteiger partial charge is 0.480 e. The lowest BCUT2D eigenvalue weighted by Crippen LogP contribution is -2.49. The predicted octanol–water partition coefficient (Wildman–Crippen LogP) is -3.27. The molecule has 0 aromatic heterocycles. The first-order chi connectivity index (χ1) is 15.7. The van der Waals surface area contributed by atoms with Crippen LogP contribution in [0.5, 0.6) is 0 Å². The maximum atomic E-state index is 11.5. The van der Waals surface area contributed by atoms with Crippen LogP contribution in [0, 0.1) is 0 Å². The molecule has 196 valence electrons. The highest BCUT2D eigenvalue weighted by Gasteiger charge is 2.21. The number of thioether (sulfide) groups is 1. The van der Waals surface area contributed by atoms with E-state index >= 15 is 0 Å². The fraction of sp³-hybridized carbons (Fsp3) is 0.647. The zero-order chi connectivity index (χ0) is 26.8. The summed E-state index contributed by atoms with van der Waals surface area (Å²) in [5, 5.41) is 38.2. The van der Waals surface area contributed by atoms with Crippen molar-refractivity contribution in [1.29, 1.82) is 0 Å². The molecule has 0 saturated carbocycles. The molecule has 0 aliphatic carbocycles. The molecule has 0 bridgehead atoms. The van der Waals surface area contributed by atoms with Crippen LogP contribution in [0.15, 0.2) is 0 Å². The van der Waals surface area contributed by atoms with Gasteiger partial charge in [0.2, 0.25) is 11.8 Å². The van der Waals surface area contributed by atoms with Gasteiger partial charge >= 0.3 is 23.9 Å². The van der Waals surface area contributed by atoms with Gasteiger partial charge in [0.1, 0.15) is 30.7 Å². The number of carbonyl (C=O) groups excluding carboxylic acids is 2. The van der Waals surface area contributed by atoms with Crippen LogP contribution in [0.4, 0.5) is 0 Å². The van der Waals surface area contributed by atoms with Crippen LogP contribution in [-0.4, -0.2) is 104 Å². The first-order valence-electron chi connectivity index (χ1n) is 9.65. The Balaban J connectivity index is 0. The number of thiol groups is 1. The molecule has 0 aromatic carbocycles. The Hall–Kier alpha value is -2.60. The second-order valence-electron chi connectivity index (χ2n) is 6.65. The van der Waals surface area contributed by atoms with Gasteiger partial charge in [-0.1, -0.05) is 0 Å². The molecule has 0 fully saturated rings. The number of amides is 2. The smallest absolute Gasteiger partial charge is 0.322 e. The molecule has 0 rings (SSSR count). The third-order valence-electron chi connectivity index (χ3n) is 3.75. The summed E-state index contributed by atoms with van der Waals surface area (Å²) in [6.45, 7) is -0.567. The van der Waals surface area contributed by atoms with Crippen LogP contribution in [0.2, 0.25) is 0 Å². The number of carboxylic acid groups (broad SMARTS) is 4. The molecule has 17 heteroatoms. The number of nitrogens with two attached hydrogens (primary N) is 3. The minimum absolute atomic E-state index is 0.0256. The van der Waals surface area contributed by atoms with Crippen molar-refractivity contribution in [2.24, 2.45) is 17.2 Å². The van der Waals surface area contributed by atoms with Crippen LogP contribution >= 0.6 is 24.4 Å². The van der Waals surface area contributed by atoms with E-state index in [4.69, 9.17) is 37.6 Å². The van der Waals surface area contributed by atoms with Crippen molar-refractivity contribution in [3.63, 3.8) is 0 Å². The molecule has 0 unspecified atom stereocenters. The van der Waals surface area contributed by atoms with E-state index in [1.807, 2.05) is 0 Å². The topological polar surface area (TPSA) is 285 Å². The van der Waals surface area contributed by atoms with Crippen molar-refractivity contribution >= 4 is 60.1 Å². The van der Waals surface area contributed by atoms with E-state index in [2.05, 4.69) is 23.3 Å². The van der Waals surface area contributed by atoms with Crippen molar-refractivity contribution in [3.8, 4) is 0 Å². The summed E-state index contributed by atoms with van der Waals surface area (Å²) in [6.07, 6.45) is 0.0769. The number of aliphatic carboxylic acids is 4. The van der Waals surface area contributed by atoms with Crippen LogP contribution < -0.4 is 27.8 Å². The molecule has 0 aliphatic rings. The molecule has 4 atom stereocenters. The summed E-state index contributed by atoms with van der Waals surface area (Å²) in [4.78, 5) is 64.3. The van der Waals surface area contributed by atoms with E-state index in [1.54, 1.807) is 0 Å². The minimum Gasteiger partial charge on any atom is -0.480 e. The number of nitrogens with one attached hydrogen (secondary N) is 2. The number of rotatable bonds is 16. The lowest BCUT2D eigenvalue weighted by Gasteiger charge is -2.16. The number of hydrogen-bond acceptors (Lipinski definition) is 11. The van der Waals surface area contributed by atoms with Gasteiger partial charge in [-0.05, 0) is 18.6 Å². The summed E-state index contributed by atoms with van der Waals surface area (Å²) in [5.74, 6) is -5.05. The van der Waals surface area contributed by atoms with Crippen molar-refractivity contribution in [3.05, 3.63) is 0 Å². The molecular formula is C17H31N5O10S2. The summed E-state index contributed by atoms with van der Waals surface area (Å²) >= 11 is 5.16. The van der Waals surface area contributed by atoms with Crippen molar-refractivity contribution in [2.75, 3.05) is 23.8 Å². The molecule has 0 aliphatic heterocycles. The SMILES string of the molecule is N[C@@H](CCC(=O)N[C@@H](CS)C(=O)NCC(=O)O)C(=O)O.N[C@@H](CCSC[C@H](N)C(=O)O)C(=O)O. The predicted molar refractivity (Wildman–Crippen MR) is 124 cm³/mol. The Labute approximate surface area is 204 Å². The van der Waals surface area contributed by atoms with Crippen molar-refractivity contribution in [1.82, 2.24) is 10.6 Å². The fourth-order valence-corrected chi connectivity index (χ4v) is 3.01. The van der Waals surface area contributed by atoms with E-state index in [-0.39, 0.29) is 24.3 Å². The van der Waals surface area contributed by atoms with Gasteiger partial charge in [0.05, 0.1) is 0 Å². The third kappa shape index (κ3) is 17.9. The van der Waals surface area contributed by atoms with Crippen LogP contribution in [0.3, 0.4) is 0 Å². The Morgan fingerprint density at radius 3 is 1.76 bits per heavy atom. The van der Waals surface area contributed by atoms with Gasteiger partial charge in [0.15, 0.2) is 0 Å². The lowest BCUT2D eigenvalue weighted by molar-refractivity contribution is -0.139. The van der Waals surface area contributed by atoms with E-state index in [0.29, 0.717) is 12.2 Å². The van der Waals surface area contributed by atoms with Crippen molar-refractivity contribution in [2.45, 2.75) is 43.4 Å². The average molecular weight is 530 g/mol. The van der Waals surface area contributed by atoms with E-state index in [9.17, 15) is 28.8 Å². The summed E-state index contributed by atoms with van der Waals surface area (Å²) < 4.78 is 0. The molecule has 34 heavy (non-hydrogen) atoms. The monoisotopic (exact) mass is 529 g/mol. The first kappa shape index (κ1) is 33.6. The lowest BCUT2D eigenvalue weighted by atomic mass is 10.1. The Bertz CT molecular complexity index is 690. The molecule has 0 radical (unpaired) electrons. The fourth-order valence-electron chi connectivity index (χ4n) is 1.77. The van der Waals surface area contributed by atoms with E-state index < -0.39 is 66.4 Å². The second-order valence-corrected chi connectivity index (χ2v) is 8.17. The molecule has 0 aromatic rings. The Morgan fingerprint density at radius 2 is 1.32 bits per heavy atom. The number of carboxylic acids is 4. The highest BCUT2D eigenvalue weighted by Crippen LogP contribution is 2.05.